The molecule has 1 aromatic heterocycles. The molecule has 20 heavy (non-hydrogen) atoms. The quantitative estimate of drug-likeness (QED) is 0.908. The van der Waals surface area contributed by atoms with Crippen molar-refractivity contribution in [2.24, 2.45) is 0 Å². The van der Waals surface area contributed by atoms with Gasteiger partial charge in [-0.05, 0) is 51.8 Å². The van der Waals surface area contributed by atoms with Gasteiger partial charge in [-0.2, -0.15) is 0 Å². The molecule has 0 aliphatic rings. The second-order valence-electron chi connectivity index (χ2n) is 6.30. The molecule has 0 saturated carbocycles. The molecular formula is C17H25NO2. The summed E-state index contributed by atoms with van der Waals surface area (Å²) < 4.78 is 11.5. The standard InChI is InChI=1S/C17H25NO2/c1-7-12-13-8-11(2)9-14(19-6)16(13)20-15(12)10-18-17(3,4)5/h8-9,18H,7,10H2,1-6H3. The smallest absolute Gasteiger partial charge is 0.176 e. The number of hydrogen-bond acceptors (Lipinski definition) is 3. The molecule has 0 amide bonds. The first kappa shape index (κ1) is 14.9. The zero-order valence-electron chi connectivity index (χ0n) is 13.4. The summed E-state index contributed by atoms with van der Waals surface area (Å²) in [6.07, 6.45) is 0.959. The van der Waals surface area contributed by atoms with Crippen LogP contribution < -0.4 is 10.1 Å². The molecule has 3 nitrogen and oxygen atoms in total. The van der Waals surface area contributed by atoms with E-state index >= 15 is 0 Å². The second kappa shape index (κ2) is 5.49. The van der Waals surface area contributed by atoms with Crippen LogP contribution in [-0.2, 0) is 13.0 Å². The van der Waals surface area contributed by atoms with E-state index in [9.17, 15) is 0 Å². The second-order valence-corrected chi connectivity index (χ2v) is 6.30. The lowest BCUT2D eigenvalue weighted by Gasteiger charge is -2.19. The molecule has 0 spiro atoms. The Morgan fingerprint density at radius 1 is 1.25 bits per heavy atom. The summed E-state index contributed by atoms with van der Waals surface area (Å²) in [4.78, 5) is 0. The van der Waals surface area contributed by atoms with Crippen molar-refractivity contribution in [3.8, 4) is 5.75 Å². The van der Waals surface area contributed by atoms with Crippen LogP contribution in [0.4, 0.5) is 0 Å². The van der Waals surface area contributed by atoms with Crippen molar-refractivity contribution in [3.05, 3.63) is 29.0 Å². The number of aryl methyl sites for hydroxylation is 2. The molecular weight excluding hydrogens is 250 g/mol. The molecule has 0 aliphatic carbocycles. The number of ether oxygens (including phenoxy) is 1. The van der Waals surface area contributed by atoms with Crippen LogP contribution in [0, 0.1) is 6.92 Å². The molecule has 0 aliphatic heterocycles. The van der Waals surface area contributed by atoms with Crippen molar-refractivity contribution in [1.82, 2.24) is 5.32 Å². The number of furan rings is 1. The average molecular weight is 275 g/mol. The van der Waals surface area contributed by atoms with E-state index in [4.69, 9.17) is 9.15 Å². The highest BCUT2D eigenvalue weighted by Crippen LogP contribution is 2.34. The van der Waals surface area contributed by atoms with Crippen LogP contribution in [0.3, 0.4) is 0 Å². The van der Waals surface area contributed by atoms with Gasteiger partial charge in [0.15, 0.2) is 11.3 Å². The summed E-state index contributed by atoms with van der Waals surface area (Å²) in [6, 6.07) is 4.20. The summed E-state index contributed by atoms with van der Waals surface area (Å²) in [6.45, 7) is 11.5. The molecule has 3 heteroatoms. The Hall–Kier alpha value is -1.48. The van der Waals surface area contributed by atoms with Crippen LogP contribution in [0.5, 0.6) is 5.75 Å². The number of benzene rings is 1. The van der Waals surface area contributed by atoms with Crippen LogP contribution in [-0.4, -0.2) is 12.6 Å². The highest BCUT2D eigenvalue weighted by Gasteiger charge is 2.18. The van der Waals surface area contributed by atoms with E-state index in [1.54, 1.807) is 7.11 Å². The number of hydrogen-bond donors (Lipinski definition) is 1. The molecule has 0 atom stereocenters. The first-order chi connectivity index (χ1) is 9.35. The van der Waals surface area contributed by atoms with E-state index in [-0.39, 0.29) is 5.54 Å². The molecule has 1 N–H and O–H groups in total. The fraction of sp³-hybridized carbons (Fsp3) is 0.529. The zero-order chi connectivity index (χ0) is 14.9. The minimum absolute atomic E-state index is 0.0734. The van der Waals surface area contributed by atoms with Gasteiger partial charge in [-0.1, -0.05) is 6.92 Å². The maximum Gasteiger partial charge on any atom is 0.176 e. The largest absolute Gasteiger partial charge is 0.493 e. The fourth-order valence-electron chi connectivity index (χ4n) is 2.43. The van der Waals surface area contributed by atoms with Gasteiger partial charge in [0, 0.05) is 16.5 Å². The fourth-order valence-corrected chi connectivity index (χ4v) is 2.43. The minimum atomic E-state index is 0.0734. The Kier molecular flexibility index (Phi) is 4.09. The lowest BCUT2D eigenvalue weighted by molar-refractivity contribution is 0.384. The van der Waals surface area contributed by atoms with Gasteiger partial charge in [0.05, 0.1) is 13.7 Å². The Morgan fingerprint density at radius 3 is 2.50 bits per heavy atom. The van der Waals surface area contributed by atoms with Gasteiger partial charge in [-0.25, -0.2) is 0 Å². The van der Waals surface area contributed by atoms with Gasteiger partial charge in [0.2, 0.25) is 0 Å². The van der Waals surface area contributed by atoms with E-state index in [0.29, 0.717) is 0 Å². The molecule has 0 unspecified atom stereocenters. The minimum Gasteiger partial charge on any atom is -0.493 e. The van der Waals surface area contributed by atoms with E-state index in [0.717, 1.165) is 30.1 Å². The zero-order valence-corrected chi connectivity index (χ0v) is 13.4. The summed E-state index contributed by atoms with van der Waals surface area (Å²) in [5.74, 6) is 1.83. The van der Waals surface area contributed by atoms with E-state index in [1.807, 2.05) is 6.07 Å². The van der Waals surface area contributed by atoms with E-state index in [1.165, 1.54) is 16.5 Å². The molecule has 0 radical (unpaired) electrons. The van der Waals surface area contributed by atoms with Crippen molar-refractivity contribution in [2.45, 2.75) is 53.1 Å². The summed E-state index contributed by atoms with van der Waals surface area (Å²) in [7, 11) is 1.69. The number of nitrogens with one attached hydrogen (secondary N) is 1. The molecule has 110 valence electrons. The Balaban J connectivity index is 2.50. The predicted molar refractivity (Wildman–Crippen MR) is 83.5 cm³/mol. The first-order valence-electron chi connectivity index (χ1n) is 7.19. The van der Waals surface area contributed by atoms with Gasteiger partial charge >= 0.3 is 0 Å². The average Bonchev–Trinajstić information content (AvgIpc) is 2.72. The third-order valence-electron chi connectivity index (χ3n) is 3.44. The normalized spacial score (nSPS) is 12.1. The predicted octanol–water partition coefficient (Wildman–Crippen LogP) is 4.20. The maximum absolute atomic E-state index is 6.07. The van der Waals surface area contributed by atoms with Gasteiger partial charge < -0.3 is 14.5 Å². The van der Waals surface area contributed by atoms with Crippen LogP contribution in [0.25, 0.3) is 11.0 Å². The van der Waals surface area contributed by atoms with Crippen molar-refractivity contribution in [1.29, 1.82) is 0 Å². The van der Waals surface area contributed by atoms with Crippen molar-refractivity contribution >= 4 is 11.0 Å². The Labute approximate surface area is 121 Å². The topological polar surface area (TPSA) is 34.4 Å². The van der Waals surface area contributed by atoms with E-state index in [2.05, 4.69) is 46.0 Å². The molecule has 2 aromatic rings. The molecule has 1 aromatic carbocycles. The summed E-state index contributed by atoms with van der Waals surface area (Å²) >= 11 is 0. The summed E-state index contributed by atoms with van der Waals surface area (Å²) in [5.41, 5.74) is 3.41. The van der Waals surface area contributed by atoms with Gasteiger partial charge in [0.25, 0.3) is 0 Å². The van der Waals surface area contributed by atoms with Crippen molar-refractivity contribution < 1.29 is 9.15 Å². The van der Waals surface area contributed by atoms with Crippen molar-refractivity contribution in [2.75, 3.05) is 7.11 Å². The number of rotatable bonds is 4. The van der Waals surface area contributed by atoms with Crippen LogP contribution in [0.15, 0.2) is 16.5 Å². The van der Waals surface area contributed by atoms with Gasteiger partial charge in [0.1, 0.15) is 5.76 Å². The number of methoxy groups -OCH3 is 1. The highest BCUT2D eigenvalue weighted by atomic mass is 16.5. The third kappa shape index (κ3) is 2.98. The van der Waals surface area contributed by atoms with Crippen LogP contribution in [0.2, 0.25) is 0 Å². The Morgan fingerprint density at radius 2 is 1.95 bits per heavy atom. The first-order valence-corrected chi connectivity index (χ1v) is 7.19. The maximum atomic E-state index is 6.07. The highest BCUT2D eigenvalue weighted by molar-refractivity contribution is 5.88. The van der Waals surface area contributed by atoms with Crippen LogP contribution in [0.1, 0.15) is 44.6 Å². The molecule has 0 fully saturated rings. The van der Waals surface area contributed by atoms with Gasteiger partial charge in [-0.3, -0.25) is 0 Å². The molecule has 2 rings (SSSR count). The monoisotopic (exact) mass is 275 g/mol. The SMILES string of the molecule is CCc1c(CNC(C)(C)C)oc2c(OC)cc(C)cc12. The van der Waals surface area contributed by atoms with Crippen molar-refractivity contribution in [3.63, 3.8) is 0 Å². The third-order valence-corrected chi connectivity index (χ3v) is 3.44. The van der Waals surface area contributed by atoms with E-state index < -0.39 is 0 Å². The number of fused-ring (bicyclic) bond motifs is 1. The molecule has 0 saturated heterocycles. The summed E-state index contributed by atoms with van der Waals surface area (Å²) in [5, 5.41) is 4.67. The van der Waals surface area contributed by atoms with Gasteiger partial charge in [-0.15, -0.1) is 0 Å². The Bertz CT molecular complexity index is 605. The molecule has 1 heterocycles. The molecule has 0 bridgehead atoms. The lowest BCUT2D eigenvalue weighted by Crippen LogP contribution is -2.35. The lowest BCUT2D eigenvalue weighted by atomic mass is 10.0. The van der Waals surface area contributed by atoms with Crippen LogP contribution >= 0.6 is 0 Å².